The number of carboxylic acid groups (broad SMARTS) is 1. The Morgan fingerprint density at radius 2 is 1.71 bits per heavy atom. The molecule has 1 unspecified atom stereocenters. The van der Waals surface area contributed by atoms with Gasteiger partial charge >= 0.3 is 5.97 Å². The van der Waals surface area contributed by atoms with Crippen molar-refractivity contribution in [3.63, 3.8) is 0 Å². The number of carbonyl (C=O) groups excluding carboxylic acids is 2. The number of nitrogens with two attached hydrogens (primary N) is 1. The molecular formula is C32H27ClN6O4S2. The van der Waals surface area contributed by atoms with Crippen molar-refractivity contribution in [3.8, 4) is 0 Å². The van der Waals surface area contributed by atoms with Gasteiger partial charge in [-0.1, -0.05) is 95.4 Å². The van der Waals surface area contributed by atoms with E-state index >= 15 is 0 Å². The number of thiazole rings is 1. The molecule has 4 N–H and O–H groups in total. The number of anilines is 1. The Kier molecular flexibility index (Phi) is 8.70. The number of carboxylic acids is 1. The molecule has 1 fully saturated rings. The molecule has 0 spiro atoms. The van der Waals surface area contributed by atoms with E-state index in [1.807, 2.05) is 72.8 Å². The number of β-lactam (4-membered cyclic amide) rings is 1. The number of allylic oxidation sites excluding steroid dienone is 1. The number of hydrogen-bond donors (Lipinski definition) is 3. The molecule has 1 saturated heterocycles. The minimum Gasteiger partial charge on any atom is -0.477 e. The highest BCUT2D eigenvalue weighted by Gasteiger charge is 2.57. The number of rotatable bonds is 9. The van der Waals surface area contributed by atoms with Gasteiger partial charge in [-0.2, -0.15) is 0 Å². The molecule has 2 amide bonds. The normalized spacial score (nSPS) is 19.7. The van der Waals surface area contributed by atoms with Crippen LogP contribution < -0.4 is 11.1 Å². The van der Waals surface area contributed by atoms with Gasteiger partial charge in [0.15, 0.2) is 10.8 Å². The quantitative estimate of drug-likeness (QED) is 0.171. The Morgan fingerprint density at radius 1 is 1.09 bits per heavy atom. The third kappa shape index (κ3) is 5.84. The summed E-state index contributed by atoms with van der Waals surface area (Å²) in [6.07, 6.45) is 3.68. The number of benzene rings is 2. The Balaban J connectivity index is 1.43. The first-order valence-corrected chi connectivity index (χ1v) is 16.0. The fourth-order valence-corrected chi connectivity index (χ4v) is 8.11. The molecule has 2 aliphatic heterocycles. The maximum Gasteiger partial charge on any atom is 0.353 e. The predicted molar refractivity (Wildman–Crippen MR) is 174 cm³/mol. The van der Waals surface area contributed by atoms with Crippen LogP contribution in [-0.4, -0.2) is 62.6 Å². The molecule has 2 aliphatic rings. The summed E-state index contributed by atoms with van der Waals surface area (Å²) >= 11 is 8.58. The van der Waals surface area contributed by atoms with Crippen LogP contribution in [0.3, 0.4) is 0 Å². The van der Waals surface area contributed by atoms with Gasteiger partial charge in [0, 0.05) is 41.1 Å². The summed E-state index contributed by atoms with van der Waals surface area (Å²) in [5, 5.41) is 13.6. The lowest BCUT2D eigenvalue weighted by atomic mass is 9.71. The number of nitrogen functional groups attached to an aromatic ring is 1. The fourth-order valence-electron chi connectivity index (χ4n) is 6.00. The average molecular weight is 659 g/mol. The van der Waals surface area contributed by atoms with E-state index in [-0.39, 0.29) is 38.4 Å². The summed E-state index contributed by atoms with van der Waals surface area (Å²) < 4.78 is 0.199. The Hall–Kier alpha value is -4.52. The molecule has 45 heavy (non-hydrogen) atoms. The molecule has 4 heterocycles. The number of pyridine rings is 1. The fraction of sp³-hybridized carbons (Fsp3) is 0.188. The Morgan fingerprint density at radius 3 is 2.24 bits per heavy atom. The van der Waals surface area contributed by atoms with Gasteiger partial charge in [0.1, 0.15) is 21.8 Å². The molecule has 13 heteroatoms. The number of nitrogens with zero attached hydrogens (tertiary/aromatic N) is 4. The summed E-state index contributed by atoms with van der Waals surface area (Å²) in [5.74, 6) is -3.00. The van der Waals surface area contributed by atoms with Crippen LogP contribution in [0.2, 0.25) is 4.34 Å². The monoisotopic (exact) mass is 658 g/mol. The third-order valence-electron chi connectivity index (χ3n) is 7.88. The van der Waals surface area contributed by atoms with E-state index in [4.69, 9.17) is 17.3 Å². The van der Waals surface area contributed by atoms with Gasteiger partial charge in [-0.3, -0.25) is 24.5 Å². The zero-order valence-electron chi connectivity index (χ0n) is 23.8. The first-order valence-electron chi connectivity index (χ1n) is 14.0. The van der Waals surface area contributed by atoms with Gasteiger partial charge in [0.25, 0.3) is 11.8 Å². The number of thioether (sulfide) groups is 1. The van der Waals surface area contributed by atoms with E-state index in [1.165, 1.54) is 23.7 Å². The Labute approximate surface area is 272 Å². The van der Waals surface area contributed by atoms with Crippen molar-refractivity contribution in [3.05, 3.63) is 117 Å². The highest BCUT2D eigenvalue weighted by molar-refractivity contribution is 8.03. The van der Waals surface area contributed by atoms with Crippen molar-refractivity contribution >= 4 is 63.3 Å². The number of hydrogen-bond acceptors (Lipinski definition) is 9. The first-order chi connectivity index (χ1) is 21.8. The van der Waals surface area contributed by atoms with Crippen LogP contribution in [0.4, 0.5) is 5.13 Å². The van der Waals surface area contributed by atoms with E-state index in [9.17, 15) is 19.5 Å². The van der Waals surface area contributed by atoms with Crippen molar-refractivity contribution < 1.29 is 19.5 Å². The standard InChI is InChI=1S/C32H27ClN6O4S2/c1-35-25(24-28(33)45-32(34)38-24)29(40)37-23-21-16-20(22(17-8-4-2-5-9-17)18-10-6-3-7-11-18)27(44-19-12-14-36-15-13-19)26(31(42)43)39(21)30(23)41/h2-15,20-23H,16H2,1H3,(H2,34,38)(H,37,40)(H,42,43)/t20?,21-,23+/m1/s1. The molecule has 6 rings (SSSR count). The predicted octanol–water partition coefficient (Wildman–Crippen LogP) is 4.83. The van der Waals surface area contributed by atoms with Crippen molar-refractivity contribution in [1.82, 2.24) is 20.2 Å². The van der Waals surface area contributed by atoms with Crippen LogP contribution in [0, 0.1) is 5.92 Å². The molecule has 0 bridgehead atoms. The Bertz CT molecular complexity index is 1780. The van der Waals surface area contributed by atoms with Crippen LogP contribution in [0.25, 0.3) is 0 Å². The highest BCUT2D eigenvalue weighted by atomic mass is 35.5. The highest BCUT2D eigenvalue weighted by Crippen LogP contribution is 2.52. The van der Waals surface area contributed by atoms with Crippen molar-refractivity contribution in [2.75, 3.05) is 12.8 Å². The summed E-state index contributed by atoms with van der Waals surface area (Å²) in [6.45, 7) is 0. The van der Waals surface area contributed by atoms with Crippen LogP contribution in [0.15, 0.2) is 106 Å². The van der Waals surface area contributed by atoms with Crippen LogP contribution in [0.5, 0.6) is 0 Å². The van der Waals surface area contributed by atoms with E-state index in [0.717, 1.165) is 27.4 Å². The summed E-state index contributed by atoms with van der Waals surface area (Å²) in [6, 6.07) is 21.8. The second-order valence-electron chi connectivity index (χ2n) is 10.4. The molecule has 228 valence electrons. The second-order valence-corrected chi connectivity index (χ2v) is 13.2. The minimum absolute atomic E-state index is 0.0686. The number of aliphatic imine (C=N–C) groups is 1. The van der Waals surface area contributed by atoms with Gasteiger partial charge in [-0.25, -0.2) is 9.78 Å². The molecule has 0 radical (unpaired) electrons. The maximum absolute atomic E-state index is 13.7. The molecule has 4 aromatic rings. The van der Waals surface area contributed by atoms with E-state index in [2.05, 4.69) is 20.3 Å². The average Bonchev–Trinajstić information content (AvgIpc) is 3.38. The zero-order valence-corrected chi connectivity index (χ0v) is 26.2. The number of aliphatic carboxylic acids is 1. The molecule has 0 saturated carbocycles. The lowest BCUT2D eigenvalue weighted by Crippen LogP contribution is -2.72. The van der Waals surface area contributed by atoms with Gasteiger partial charge in [0.2, 0.25) is 0 Å². The molecule has 2 aromatic carbocycles. The van der Waals surface area contributed by atoms with Gasteiger partial charge in [0.05, 0.1) is 6.04 Å². The number of amides is 2. The summed E-state index contributed by atoms with van der Waals surface area (Å²) in [5.41, 5.74) is 7.75. The number of halogens is 1. The lowest BCUT2D eigenvalue weighted by molar-refractivity contribution is -0.156. The van der Waals surface area contributed by atoms with Gasteiger partial charge < -0.3 is 16.2 Å². The number of carbonyl (C=O) groups is 3. The number of fused-ring (bicyclic) bond motifs is 1. The largest absolute Gasteiger partial charge is 0.477 e. The van der Waals surface area contributed by atoms with Crippen molar-refractivity contribution in [2.45, 2.75) is 29.3 Å². The summed E-state index contributed by atoms with van der Waals surface area (Å²) in [4.78, 5) is 55.1. The number of nitrogens with one attached hydrogen (secondary N) is 1. The first kappa shape index (κ1) is 30.5. The lowest BCUT2D eigenvalue weighted by Gasteiger charge is -2.53. The summed E-state index contributed by atoms with van der Waals surface area (Å²) in [7, 11) is 1.42. The topological polar surface area (TPSA) is 151 Å². The second kappa shape index (κ2) is 12.8. The smallest absolute Gasteiger partial charge is 0.353 e. The molecule has 10 nitrogen and oxygen atoms in total. The molecule has 0 aliphatic carbocycles. The number of aromatic nitrogens is 2. The van der Waals surface area contributed by atoms with Crippen LogP contribution >= 0.6 is 34.7 Å². The minimum atomic E-state index is -1.22. The van der Waals surface area contributed by atoms with E-state index < -0.39 is 29.9 Å². The SMILES string of the molecule is CN=C(C(=O)N[C@@H]1C(=O)N2C(C(=O)O)=C(Sc3ccncc3)C(C(c3ccccc3)c3ccccc3)C[C@H]12)c1nc(N)sc1Cl. The third-order valence-corrected chi connectivity index (χ3v) is 10.2. The van der Waals surface area contributed by atoms with Crippen LogP contribution in [0.1, 0.15) is 29.2 Å². The van der Waals surface area contributed by atoms with Crippen molar-refractivity contribution in [2.24, 2.45) is 10.9 Å². The van der Waals surface area contributed by atoms with Gasteiger partial charge in [-0.05, 0) is 29.7 Å². The van der Waals surface area contributed by atoms with E-state index in [0.29, 0.717) is 11.3 Å². The van der Waals surface area contributed by atoms with Crippen LogP contribution in [-0.2, 0) is 14.4 Å². The van der Waals surface area contributed by atoms with Gasteiger partial charge in [-0.15, -0.1) is 0 Å². The maximum atomic E-state index is 13.7. The molecular weight excluding hydrogens is 632 g/mol. The zero-order chi connectivity index (χ0) is 31.7. The van der Waals surface area contributed by atoms with Crippen molar-refractivity contribution in [1.29, 1.82) is 0 Å². The van der Waals surface area contributed by atoms with E-state index in [1.54, 1.807) is 12.4 Å². The molecule has 2 aromatic heterocycles. The molecule has 3 atom stereocenters.